The molecular formula is C19H25N3O4S. The maximum Gasteiger partial charge on any atom is 0.272 e. The molecule has 1 aliphatic heterocycles. The van der Waals surface area contributed by atoms with Crippen molar-refractivity contribution in [2.45, 2.75) is 31.1 Å². The SMILES string of the molecule is CCCOc1ccccc1NC(=O)c1cc(S(=O)(=O)N2CCCC2)cn1C. The number of sulfonamides is 1. The summed E-state index contributed by atoms with van der Waals surface area (Å²) in [4.78, 5) is 12.9. The predicted molar refractivity (Wildman–Crippen MR) is 104 cm³/mol. The molecule has 1 amide bonds. The van der Waals surface area contributed by atoms with E-state index in [-0.39, 0.29) is 16.5 Å². The Kier molecular flexibility index (Phi) is 5.86. The van der Waals surface area contributed by atoms with E-state index in [1.807, 2.05) is 19.1 Å². The molecule has 0 saturated carbocycles. The first-order chi connectivity index (χ1) is 12.9. The molecule has 1 saturated heterocycles. The minimum atomic E-state index is -3.56. The molecule has 0 spiro atoms. The first-order valence-corrected chi connectivity index (χ1v) is 10.6. The summed E-state index contributed by atoms with van der Waals surface area (Å²) in [5.41, 5.74) is 0.833. The summed E-state index contributed by atoms with van der Waals surface area (Å²) >= 11 is 0. The van der Waals surface area contributed by atoms with E-state index in [2.05, 4.69) is 5.32 Å². The fourth-order valence-corrected chi connectivity index (χ4v) is 4.66. The number of ether oxygens (including phenoxy) is 1. The van der Waals surface area contributed by atoms with Gasteiger partial charge in [-0.05, 0) is 37.5 Å². The molecule has 1 aromatic heterocycles. The average Bonchev–Trinajstić information content (AvgIpc) is 3.31. The lowest BCUT2D eigenvalue weighted by Crippen LogP contribution is -2.27. The molecule has 146 valence electrons. The van der Waals surface area contributed by atoms with E-state index in [0.29, 0.717) is 31.1 Å². The minimum absolute atomic E-state index is 0.146. The maximum atomic E-state index is 12.7. The Morgan fingerprint density at radius 3 is 2.63 bits per heavy atom. The van der Waals surface area contributed by atoms with Gasteiger partial charge >= 0.3 is 0 Å². The number of anilines is 1. The van der Waals surface area contributed by atoms with Crippen LogP contribution in [0.1, 0.15) is 36.7 Å². The third-order valence-corrected chi connectivity index (χ3v) is 6.38. The fourth-order valence-electron chi connectivity index (χ4n) is 3.07. The van der Waals surface area contributed by atoms with Crippen molar-refractivity contribution in [1.29, 1.82) is 0 Å². The minimum Gasteiger partial charge on any atom is -0.491 e. The third-order valence-electron chi connectivity index (χ3n) is 4.51. The van der Waals surface area contributed by atoms with Crippen molar-refractivity contribution in [3.63, 3.8) is 0 Å². The van der Waals surface area contributed by atoms with E-state index in [1.165, 1.54) is 21.1 Å². The van der Waals surface area contributed by atoms with Crippen LogP contribution in [0.5, 0.6) is 5.75 Å². The second-order valence-electron chi connectivity index (χ2n) is 6.58. The monoisotopic (exact) mass is 391 g/mol. The second kappa shape index (κ2) is 8.14. The maximum absolute atomic E-state index is 12.7. The average molecular weight is 391 g/mol. The number of hydrogen-bond donors (Lipinski definition) is 1. The smallest absolute Gasteiger partial charge is 0.272 e. The molecule has 1 N–H and O–H groups in total. The number of aromatic nitrogens is 1. The normalized spacial score (nSPS) is 15.0. The third kappa shape index (κ3) is 4.17. The standard InChI is InChI=1S/C19H25N3O4S/c1-3-12-26-18-9-5-4-8-16(18)20-19(23)17-13-15(14-21(17)2)27(24,25)22-10-6-7-11-22/h4-5,8-9,13-14H,3,6-7,10-12H2,1-2H3,(H,20,23). The van der Waals surface area contributed by atoms with Crippen LogP contribution < -0.4 is 10.1 Å². The Labute approximate surface area is 160 Å². The Balaban J connectivity index is 1.81. The lowest BCUT2D eigenvalue weighted by Gasteiger charge is -2.13. The molecule has 27 heavy (non-hydrogen) atoms. The molecule has 1 fully saturated rings. The summed E-state index contributed by atoms with van der Waals surface area (Å²) < 4.78 is 34.1. The number of carbonyl (C=O) groups excluding carboxylic acids is 1. The molecular weight excluding hydrogens is 366 g/mol. The Morgan fingerprint density at radius 1 is 1.22 bits per heavy atom. The Bertz CT molecular complexity index is 915. The van der Waals surface area contributed by atoms with Crippen molar-refractivity contribution in [2.75, 3.05) is 25.0 Å². The van der Waals surface area contributed by atoms with Crippen LogP contribution in [0.3, 0.4) is 0 Å². The fraction of sp³-hybridized carbons (Fsp3) is 0.421. The lowest BCUT2D eigenvalue weighted by atomic mass is 10.2. The molecule has 0 unspecified atom stereocenters. The quantitative estimate of drug-likeness (QED) is 0.787. The second-order valence-corrected chi connectivity index (χ2v) is 8.52. The summed E-state index contributed by atoms with van der Waals surface area (Å²) in [7, 11) is -1.90. The van der Waals surface area contributed by atoms with E-state index < -0.39 is 10.0 Å². The van der Waals surface area contributed by atoms with E-state index in [0.717, 1.165) is 19.3 Å². The van der Waals surface area contributed by atoms with Gasteiger partial charge in [-0.15, -0.1) is 0 Å². The zero-order chi connectivity index (χ0) is 19.4. The van der Waals surface area contributed by atoms with Gasteiger partial charge in [-0.25, -0.2) is 8.42 Å². The van der Waals surface area contributed by atoms with E-state index in [4.69, 9.17) is 4.74 Å². The van der Waals surface area contributed by atoms with Gasteiger partial charge in [0.1, 0.15) is 16.3 Å². The lowest BCUT2D eigenvalue weighted by molar-refractivity contribution is 0.101. The molecule has 1 aliphatic rings. The largest absolute Gasteiger partial charge is 0.491 e. The predicted octanol–water partition coefficient (Wildman–Crippen LogP) is 2.85. The van der Waals surface area contributed by atoms with Gasteiger partial charge in [-0.1, -0.05) is 19.1 Å². The molecule has 3 rings (SSSR count). The van der Waals surface area contributed by atoms with Crippen LogP contribution in [0.4, 0.5) is 5.69 Å². The van der Waals surface area contributed by atoms with Gasteiger partial charge in [0.25, 0.3) is 5.91 Å². The highest BCUT2D eigenvalue weighted by molar-refractivity contribution is 7.89. The first kappa shape index (κ1) is 19.4. The number of amides is 1. The summed E-state index contributed by atoms with van der Waals surface area (Å²) in [6.45, 7) is 3.62. The van der Waals surface area contributed by atoms with E-state index in [1.54, 1.807) is 19.2 Å². The molecule has 0 aliphatic carbocycles. The van der Waals surface area contributed by atoms with Crippen LogP contribution >= 0.6 is 0 Å². The molecule has 7 nitrogen and oxygen atoms in total. The van der Waals surface area contributed by atoms with Gasteiger partial charge < -0.3 is 14.6 Å². The van der Waals surface area contributed by atoms with E-state index >= 15 is 0 Å². The number of aryl methyl sites for hydroxylation is 1. The number of hydrogen-bond acceptors (Lipinski definition) is 4. The molecule has 8 heteroatoms. The first-order valence-electron chi connectivity index (χ1n) is 9.13. The molecule has 0 atom stereocenters. The summed E-state index contributed by atoms with van der Waals surface area (Å²) in [6, 6.07) is 8.62. The number of para-hydroxylation sites is 2. The van der Waals surface area contributed by atoms with Gasteiger partial charge in [0.15, 0.2) is 0 Å². The van der Waals surface area contributed by atoms with Crippen molar-refractivity contribution in [1.82, 2.24) is 8.87 Å². The van der Waals surface area contributed by atoms with Gasteiger partial charge in [0.2, 0.25) is 10.0 Å². The Hall–Kier alpha value is -2.32. The van der Waals surface area contributed by atoms with Crippen LogP contribution in [0.2, 0.25) is 0 Å². The highest BCUT2D eigenvalue weighted by atomic mass is 32.2. The molecule has 0 bridgehead atoms. The highest BCUT2D eigenvalue weighted by Crippen LogP contribution is 2.26. The number of carbonyl (C=O) groups is 1. The van der Waals surface area contributed by atoms with Gasteiger partial charge in [-0.2, -0.15) is 4.31 Å². The van der Waals surface area contributed by atoms with Crippen molar-refractivity contribution in [3.8, 4) is 5.75 Å². The number of nitrogens with zero attached hydrogens (tertiary/aromatic N) is 2. The van der Waals surface area contributed by atoms with Gasteiger partial charge in [0, 0.05) is 26.3 Å². The molecule has 1 aromatic carbocycles. The van der Waals surface area contributed by atoms with Crippen molar-refractivity contribution in [3.05, 3.63) is 42.2 Å². The highest BCUT2D eigenvalue weighted by Gasteiger charge is 2.29. The van der Waals surface area contributed by atoms with Crippen LogP contribution in [0.15, 0.2) is 41.4 Å². The molecule has 2 heterocycles. The number of rotatable bonds is 7. The van der Waals surface area contributed by atoms with Crippen LogP contribution in [0.25, 0.3) is 0 Å². The number of benzene rings is 1. The number of nitrogens with one attached hydrogen (secondary N) is 1. The summed E-state index contributed by atoms with van der Waals surface area (Å²) in [5.74, 6) is 0.208. The topological polar surface area (TPSA) is 80.6 Å². The van der Waals surface area contributed by atoms with Crippen LogP contribution in [-0.2, 0) is 17.1 Å². The summed E-state index contributed by atoms with van der Waals surface area (Å²) in [6.07, 6.45) is 4.09. The molecule has 0 radical (unpaired) electrons. The Morgan fingerprint density at radius 2 is 1.93 bits per heavy atom. The van der Waals surface area contributed by atoms with Gasteiger partial charge in [-0.3, -0.25) is 4.79 Å². The van der Waals surface area contributed by atoms with Crippen molar-refractivity contribution >= 4 is 21.6 Å². The van der Waals surface area contributed by atoms with Crippen LogP contribution in [-0.4, -0.2) is 42.9 Å². The zero-order valence-corrected chi connectivity index (χ0v) is 16.5. The molecule has 2 aromatic rings. The van der Waals surface area contributed by atoms with Gasteiger partial charge in [0.05, 0.1) is 12.3 Å². The summed E-state index contributed by atoms with van der Waals surface area (Å²) in [5, 5.41) is 2.82. The van der Waals surface area contributed by atoms with Crippen molar-refractivity contribution in [2.24, 2.45) is 7.05 Å². The van der Waals surface area contributed by atoms with Crippen LogP contribution in [0, 0.1) is 0 Å². The van der Waals surface area contributed by atoms with Crippen molar-refractivity contribution < 1.29 is 17.9 Å². The van der Waals surface area contributed by atoms with E-state index in [9.17, 15) is 13.2 Å². The zero-order valence-electron chi connectivity index (χ0n) is 15.6.